The first kappa shape index (κ1) is 28.1. The lowest BCUT2D eigenvalue weighted by molar-refractivity contribution is -0.137. The summed E-state index contributed by atoms with van der Waals surface area (Å²) in [6, 6.07) is 3.75. The molecule has 192 valence electrons. The lowest BCUT2D eigenvalue weighted by atomic mass is 10.1. The molecule has 12 heteroatoms. The van der Waals surface area contributed by atoms with E-state index in [2.05, 4.69) is 5.32 Å². The van der Waals surface area contributed by atoms with Gasteiger partial charge < -0.3 is 10.1 Å². The quantitative estimate of drug-likeness (QED) is 0.342. The number of carbonyl (C=O) groups is 1. The highest BCUT2D eigenvalue weighted by Crippen LogP contribution is 2.34. The second-order valence-corrected chi connectivity index (χ2v) is 9.63. The van der Waals surface area contributed by atoms with Crippen LogP contribution in [0.25, 0.3) is 6.08 Å². The summed E-state index contributed by atoms with van der Waals surface area (Å²) < 4.78 is 97.5. The first-order chi connectivity index (χ1) is 16.1. The third kappa shape index (κ3) is 8.23. The predicted molar refractivity (Wildman–Crippen MR) is 122 cm³/mol. The minimum atomic E-state index is -4.57. The van der Waals surface area contributed by atoms with Gasteiger partial charge in [-0.1, -0.05) is 13.0 Å². The number of carbonyl (C=O) groups excluding carboxylic acids is 1. The van der Waals surface area contributed by atoms with Gasteiger partial charge in [-0.15, -0.1) is 0 Å². The topological polar surface area (TPSA) is 84.5 Å². The second kappa shape index (κ2) is 11.1. The summed E-state index contributed by atoms with van der Waals surface area (Å²) in [5.41, 5.74) is -1.49. The van der Waals surface area contributed by atoms with Gasteiger partial charge in [-0.25, -0.2) is 17.2 Å². The van der Waals surface area contributed by atoms with E-state index in [4.69, 9.17) is 4.74 Å². The van der Waals surface area contributed by atoms with Crippen molar-refractivity contribution in [2.24, 2.45) is 0 Å². The second-order valence-electron chi connectivity index (χ2n) is 7.88. The number of benzene rings is 2. The number of hydrogen-bond acceptors (Lipinski definition) is 4. The Labute approximate surface area is 200 Å². The molecule has 0 aliphatic rings. The van der Waals surface area contributed by atoms with E-state index >= 15 is 0 Å². The Morgan fingerprint density at radius 1 is 1.11 bits per heavy atom. The Kier molecular flexibility index (Phi) is 8.88. The van der Waals surface area contributed by atoms with Crippen LogP contribution in [0, 0.1) is 11.6 Å². The number of halogens is 5. The molecule has 2 aromatic carbocycles. The number of anilines is 1. The summed E-state index contributed by atoms with van der Waals surface area (Å²) in [6.45, 7) is 4.94. The van der Waals surface area contributed by atoms with Crippen LogP contribution >= 0.6 is 0 Å². The molecule has 0 heterocycles. The molecule has 1 unspecified atom stereocenters. The molecular weight excluding hydrogens is 495 g/mol. The average molecular weight is 521 g/mol. The summed E-state index contributed by atoms with van der Waals surface area (Å²) >= 11 is 0. The van der Waals surface area contributed by atoms with Gasteiger partial charge in [0, 0.05) is 11.6 Å². The number of rotatable bonds is 9. The third-order valence-corrected chi connectivity index (χ3v) is 5.44. The van der Waals surface area contributed by atoms with Crippen molar-refractivity contribution in [2.75, 3.05) is 11.0 Å². The zero-order chi connectivity index (χ0) is 26.6. The molecule has 6 nitrogen and oxygen atoms in total. The molecule has 1 amide bonds. The fourth-order valence-electron chi connectivity index (χ4n) is 2.89. The Balaban J connectivity index is 2.21. The summed E-state index contributed by atoms with van der Waals surface area (Å²) in [7, 11) is -3.91. The smallest absolute Gasteiger partial charge is 0.416 e. The van der Waals surface area contributed by atoms with Gasteiger partial charge in [0.25, 0.3) is 0 Å². The van der Waals surface area contributed by atoms with Crippen molar-refractivity contribution in [2.45, 2.75) is 45.5 Å². The predicted octanol–water partition coefficient (Wildman–Crippen LogP) is 5.42. The molecular formula is C23H25F5N2O4S. The molecule has 2 atom stereocenters. The lowest BCUT2D eigenvalue weighted by Gasteiger charge is -2.17. The molecule has 0 bridgehead atoms. The summed E-state index contributed by atoms with van der Waals surface area (Å²) in [5, 5.41) is 2.48. The standard InChI is InChI=1S/C23H25F5N2O4S/c1-5-13(2)34-20-12-17(23(26,27)28)8-6-15(20)7-9-21(31)29-14(3)16-10-18(24)22(19(25)11-16)30-35(4,32)33/h6-14,30H,5H2,1-4H3,(H,29,31)/b9-7+/t13?,14-/m1/s1. The molecule has 0 saturated heterocycles. The van der Waals surface area contributed by atoms with Crippen molar-refractivity contribution in [3.8, 4) is 5.75 Å². The van der Waals surface area contributed by atoms with Crippen LogP contribution in [0.4, 0.5) is 27.6 Å². The van der Waals surface area contributed by atoms with E-state index in [9.17, 15) is 35.2 Å². The first-order valence-electron chi connectivity index (χ1n) is 10.4. The SMILES string of the molecule is CCC(C)Oc1cc(C(F)(F)F)ccc1/C=C/C(=O)N[C@H](C)c1cc(F)c(NS(C)(=O)=O)c(F)c1. The molecule has 0 aromatic heterocycles. The normalized spacial score (nSPS) is 14.0. The van der Waals surface area contributed by atoms with Crippen molar-refractivity contribution in [3.05, 3.63) is 64.7 Å². The maximum atomic E-state index is 14.2. The Morgan fingerprint density at radius 2 is 1.71 bits per heavy atom. The highest BCUT2D eigenvalue weighted by Gasteiger charge is 2.31. The molecule has 0 radical (unpaired) electrons. The minimum absolute atomic E-state index is 0.0242. The third-order valence-electron chi connectivity index (χ3n) is 4.87. The van der Waals surface area contributed by atoms with E-state index in [1.807, 2.05) is 0 Å². The number of nitrogens with one attached hydrogen (secondary N) is 2. The fourth-order valence-corrected chi connectivity index (χ4v) is 3.45. The molecule has 2 N–H and O–H groups in total. The zero-order valence-corrected chi connectivity index (χ0v) is 20.2. The maximum Gasteiger partial charge on any atom is 0.416 e. The van der Waals surface area contributed by atoms with Crippen LogP contribution in [0.3, 0.4) is 0 Å². The van der Waals surface area contributed by atoms with Gasteiger partial charge in [0.05, 0.1) is 24.0 Å². The number of amides is 1. The van der Waals surface area contributed by atoms with Gasteiger partial charge in [0.1, 0.15) is 11.4 Å². The molecule has 2 rings (SSSR count). The molecule has 0 aliphatic carbocycles. The van der Waals surface area contributed by atoms with Crippen LogP contribution in [0.5, 0.6) is 5.75 Å². The Bertz CT molecular complexity index is 1190. The Morgan fingerprint density at radius 3 is 2.23 bits per heavy atom. The summed E-state index contributed by atoms with van der Waals surface area (Å²) in [4.78, 5) is 12.3. The van der Waals surface area contributed by atoms with E-state index < -0.39 is 51.0 Å². The van der Waals surface area contributed by atoms with Crippen LogP contribution in [0.2, 0.25) is 0 Å². The average Bonchev–Trinajstić information content (AvgIpc) is 2.73. The number of hydrogen-bond donors (Lipinski definition) is 2. The maximum absolute atomic E-state index is 14.2. The number of alkyl halides is 3. The lowest BCUT2D eigenvalue weighted by Crippen LogP contribution is -2.25. The van der Waals surface area contributed by atoms with E-state index in [0.717, 1.165) is 36.6 Å². The highest BCUT2D eigenvalue weighted by atomic mass is 32.2. The van der Waals surface area contributed by atoms with Gasteiger partial charge in [-0.05, 0) is 56.2 Å². The van der Waals surface area contributed by atoms with Crippen molar-refractivity contribution in [3.63, 3.8) is 0 Å². The largest absolute Gasteiger partial charge is 0.490 e. The Hall–Kier alpha value is -3.15. The van der Waals surface area contributed by atoms with Gasteiger partial charge in [0.15, 0.2) is 11.6 Å². The first-order valence-corrected chi connectivity index (χ1v) is 12.3. The molecule has 0 saturated carbocycles. The van der Waals surface area contributed by atoms with E-state index in [-0.39, 0.29) is 23.0 Å². The fraction of sp³-hybridized carbons (Fsp3) is 0.348. The number of ether oxygens (including phenoxy) is 1. The number of sulfonamides is 1. The zero-order valence-electron chi connectivity index (χ0n) is 19.3. The van der Waals surface area contributed by atoms with E-state index in [1.165, 1.54) is 19.1 Å². The minimum Gasteiger partial charge on any atom is -0.490 e. The van der Waals surface area contributed by atoms with Gasteiger partial charge in [0.2, 0.25) is 15.9 Å². The van der Waals surface area contributed by atoms with Crippen molar-refractivity contribution in [1.82, 2.24) is 5.32 Å². The van der Waals surface area contributed by atoms with Crippen molar-refractivity contribution < 1.29 is 39.9 Å². The summed E-state index contributed by atoms with van der Waals surface area (Å²) in [5.74, 6) is -3.08. The highest BCUT2D eigenvalue weighted by molar-refractivity contribution is 7.92. The molecule has 2 aromatic rings. The molecule has 35 heavy (non-hydrogen) atoms. The van der Waals surface area contributed by atoms with Crippen LogP contribution in [0.15, 0.2) is 36.4 Å². The molecule has 0 fully saturated rings. The van der Waals surface area contributed by atoms with Crippen molar-refractivity contribution >= 4 is 27.7 Å². The van der Waals surface area contributed by atoms with Crippen LogP contribution in [-0.2, 0) is 21.0 Å². The van der Waals surface area contributed by atoms with E-state index in [0.29, 0.717) is 6.42 Å². The van der Waals surface area contributed by atoms with Crippen LogP contribution in [0.1, 0.15) is 49.9 Å². The van der Waals surface area contributed by atoms with Crippen molar-refractivity contribution in [1.29, 1.82) is 0 Å². The van der Waals surface area contributed by atoms with Gasteiger partial charge in [-0.3, -0.25) is 9.52 Å². The molecule has 0 aliphatic heterocycles. The van der Waals surface area contributed by atoms with Gasteiger partial charge >= 0.3 is 6.18 Å². The van der Waals surface area contributed by atoms with Crippen LogP contribution in [-0.4, -0.2) is 26.7 Å². The monoisotopic (exact) mass is 520 g/mol. The van der Waals surface area contributed by atoms with E-state index in [1.54, 1.807) is 18.6 Å². The summed E-state index contributed by atoms with van der Waals surface area (Å²) in [6.07, 6.45) is -1.34. The molecule has 0 spiro atoms. The van der Waals surface area contributed by atoms with Gasteiger partial charge in [-0.2, -0.15) is 13.2 Å². The van der Waals surface area contributed by atoms with Crippen LogP contribution < -0.4 is 14.8 Å².